The fourth-order valence-corrected chi connectivity index (χ4v) is 5.56. The van der Waals surface area contributed by atoms with Crippen LogP contribution in [0.15, 0.2) is 0 Å². The number of carbonyl (C=O) groups excluding carboxylic acids is 7. The Morgan fingerprint density at radius 2 is 1.34 bits per heavy atom. The van der Waals surface area contributed by atoms with Crippen molar-refractivity contribution in [2.24, 2.45) is 28.9 Å². The first-order valence-electron chi connectivity index (χ1n) is 17.4. The molecule has 24 heteroatoms. The molecule has 0 aliphatic carbocycles. The molecule has 318 valence electrons. The minimum Gasteiger partial charge on any atom is -0.480 e. The summed E-state index contributed by atoms with van der Waals surface area (Å²) >= 11 is 0. The molecule has 1 aliphatic heterocycles. The second kappa shape index (κ2) is 22.2. The van der Waals surface area contributed by atoms with E-state index >= 15 is 0 Å². The van der Waals surface area contributed by atoms with Gasteiger partial charge in [0.2, 0.25) is 23.6 Å². The summed E-state index contributed by atoms with van der Waals surface area (Å²) in [4.78, 5) is 113. The summed E-state index contributed by atoms with van der Waals surface area (Å²) in [5, 5.41) is 55.9. The van der Waals surface area contributed by atoms with E-state index in [0.29, 0.717) is 0 Å². The molecule has 1 heterocycles. The van der Waals surface area contributed by atoms with E-state index < -0.39 is 139 Å². The van der Waals surface area contributed by atoms with E-state index in [1.807, 2.05) is 0 Å². The van der Waals surface area contributed by atoms with E-state index in [1.165, 1.54) is 6.92 Å². The number of aliphatic hydroxyl groups is 3. The molecule has 0 spiro atoms. The van der Waals surface area contributed by atoms with Crippen LogP contribution in [-0.4, -0.2) is 163 Å². The number of carboxylic acids is 2. The maximum Gasteiger partial charge on any atom is 0.326 e. The quantitative estimate of drug-likeness (QED) is 0.0484. The van der Waals surface area contributed by atoms with Gasteiger partial charge in [0.1, 0.15) is 60.4 Å². The zero-order chi connectivity index (χ0) is 43.4. The van der Waals surface area contributed by atoms with Gasteiger partial charge >= 0.3 is 11.9 Å². The zero-order valence-corrected chi connectivity index (χ0v) is 31.5. The Bertz CT molecular complexity index is 1470. The van der Waals surface area contributed by atoms with Gasteiger partial charge in [0.25, 0.3) is 11.8 Å². The predicted molar refractivity (Wildman–Crippen MR) is 188 cm³/mol. The molecule has 13 atom stereocenters. The molecular formula is C32H54N8O16. The van der Waals surface area contributed by atoms with Gasteiger partial charge in [0.15, 0.2) is 6.29 Å². The van der Waals surface area contributed by atoms with Gasteiger partial charge in [-0.25, -0.2) is 4.79 Å². The fourth-order valence-electron chi connectivity index (χ4n) is 5.56. The molecule has 0 aromatic heterocycles. The standard InChI is InChI=1S/C32H54N8O16/c1-11(37-26(46)14(4)55-24-22(39-15(5)42)32(54)56-20(10-41)23(24)44)28(48)40(13(3)30(50)51)29(49)12(2)38-27(47)17(33)7-6-16(21(35)25(36)45)19(43)9-8-18(34)31(52)53/h11-14,16-18,20-24,32,41,44,54H,6-10,33-35H2,1-5H3,(H2,36,45)(H,37,46)(H,38,47)(H,39,42)(H,50,51)(H,52,53). The van der Waals surface area contributed by atoms with Crippen molar-refractivity contribution in [3.8, 4) is 0 Å². The summed E-state index contributed by atoms with van der Waals surface area (Å²) in [7, 11) is 0. The minimum absolute atomic E-state index is 0.272. The van der Waals surface area contributed by atoms with Crippen molar-refractivity contribution in [2.45, 2.75) is 133 Å². The maximum atomic E-state index is 13.5. The third kappa shape index (κ3) is 13.8. The topological polar surface area (TPSA) is 417 Å². The Morgan fingerprint density at radius 3 is 1.80 bits per heavy atom. The highest BCUT2D eigenvalue weighted by Gasteiger charge is 2.47. The number of aliphatic carboxylic acids is 2. The number of ether oxygens (including phenoxy) is 2. The molecule has 1 saturated heterocycles. The number of nitrogens with one attached hydrogen (secondary N) is 3. The average molecular weight is 807 g/mol. The molecular weight excluding hydrogens is 752 g/mol. The van der Waals surface area contributed by atoms with Gasteiger partial charge in [0, 0.05) is 19.3 Å². The lowest BCUT2D eigenvalue weighted by molar-refractivity contribution is -0.266. The van der Waals surface area contributed by atoms with E-state index in [-0.39, 0.29) is 30.6 Å². The van der Waals surface area contributed by atoms with Gasteiger partial charge in [-0.15, -0.1) is 0 Å². The van der Waals surface area contributed by atoms with Crippen molar-refractivity contribution in [3.63, 3.8) is 0 Å². The number of nitrogens with two attached hydrogens (primary N) is 4. The van der Waals surface area contributed by atoms with Crippen LogP contribution in [0.2, 0.25) is 0 Å². The summed E-state index contributed by atoms with van der Waals surface area (Å²) < 4.78 is 10.7. The van der Waals surface area contributed by atoms with E-state index in [0.717, 1.165) is 27.7 Å². The number of hydrogen-bond donors (Lipinski definition) is 12. The third-order valence-corrected chi connectivity index (χ3v) is 8.97. The Balaban J connectivity index is 3.07. The van der Waals surface area contributed by atoms with Crippen LogP contribution in [-0.2, 0) is 52.6 Å². The number of carbonyl (C=O) groups is 9. The molecule has 16 N–H and O–H groups in total. The van der Waals surface area contributed by atoms with Gasteiger partial charge in [-0.1, -0.05) is 0 Å². The molecule has 0 bridgehead atoms. The molecule has 0 aromatic rings. The number of primary amides is 1. The highest BCUT2D eigenvalue weighted by molar-refractivity contribution is 6.05. The minimum atomic E-state index is -1.83. The largest absolute Gasteiger partial charge is 0.480 e. The molecule has 1 fully saturated rings. The lowest BCUT2D eigenvalue weighted by Crippen LogP contribution is -2.65. The number of aliphatic hydroxyl groups excluding tert-OH is 3. The number of rotatable bonds is 22. The van der Waals surface area contributed by atoms with Crippen molar-refractivity contribution < 1.29 is 78.2 Å². The number of carboxylic acid groups (broad SMARTS) is 2. The molecule has 6 amide bonds. The van der Waals surface area contributed by atoms with Gasteiger partial charge in [-0.2, -0.15) is 0 Å². The summed E-state index contributed by atoms with van der Waals surface area (Å²) in [6, 6.07) is -10.8. The highest BCUT2D eigenvalue weighted by atomic mass is 16.6. The number of imide groups is 1. The van der Waals surface area contributed by atoms with E-state index in [2.05, 4.69) is 16.0 Å². The molecule has 0 radical (unpaired) electrons. The van der Waals surface area contributed by atoms with Gasteiger partial charge in [-0.3, -0.25) is 43.3 Å². The Morgan fingerprint density at radius 1 is 0.804 bits per heavy atom. The van der Waals surface area contributed by atoms with Crippen LogP contribution in [0.25, 0.3) is 0 Å². The normalized spacial score (nSPS) is 23.7. The van der Waals surface area contributed by atoms with Crippen LogP contribution in [0.4, 0.5) is 0 Å². The Labute approximate surface area is 320 Å². The average Bonchev–Trinajstić information content (AvgIpc) is 3.12. The lowest BCUT2D eigenvalue weighted by atomic mass is 9.86. The molecule has 24 nitrogen and oxygen atoms in total. The number of amides is 6. The molecule has 0 saturated carbocycles. The van der Waals surface area contributed by atoms with Crippen LogP contribution in [0.3, 0.4) is 0 Å². The Hall–Kier alpha value is -4.69. The van der Waals surface area contributed by atoms with Gasteiger partial charge in [-0.05, 0) is 47.0 Å². The van der Waals surface area contributed by atoms with Crippen LogP contribution >= 0.6 is 0 Å². The Kier molecular flexibility index (Phi) is 19.5. The maximum absolute atomic E-state index is 13.5. The van der Waals surface area contributed by atoms with E-state index in [4.69, 9.17) is 37.5 Å². The van der Waals surface area contributed by atoms with Crippen LogP contribution in [0.1, 0.15) is 60.3 Å². The lowest BCUT2D eigenvalue weighted by Gasteiger charge is -2.43. The number of hydrogen-bond acceptors (Lipinski definition) is 17. The second-order valence-electron chi connectivity index (χ2n) is 13.4. The summed E-state index contributed by atoms with van der Waals surface area (Å²) in [6.07, 6.45) is -9.06. The monoisotopic (exact) mass is 806 g/mol. The first-order chi connectivity index (χ1) is 25.9. The van der Waals surface area contributed by atoms with Gasteiger partial charge < -0.3 is 73.9 Å². The van der Waals surface area contributed by atoms with Crippen LogP contribution in [0, 0.1) is 5.92 Å². The smallest absolute Gasteiger partial charge is 0.326 e. The summed E-state index contributed by atoms with van der Waals surface area (Å²) in [6.45, 7) is 4.71. The van der Waals surface area contributed by atoms with Crippen LogP contribution < -0.4 is 38.9 Å². The van der Waals surface area contributed by atoms with Crippen molar-refractivity contribution in [1.82, 2.24) is 20.9 Å². The van der Waals surface area contributed by atoms with Crippen molar-refractivity contribution in [1.29, 1.82) is 0 Å². The SMILES string of the molecule is CC(=O)NC1C(O)OC(CO)C(O)C1OC(C)C(=O)NC(C)C(=O)N(C(=O)C(C)NC(=O)C(N)CCC(C(=O)CCC(N)C(=O)O)C(N)C(N)=O)C(C)C(=O)O. The number of nitrogens with zero attached hydrogens (tertiary/aromatic N) is 1. The van der Waals surface area contributed by atoms with Crippen molar-refractivity contribution in [3.05, 3.63) is 0 Å². The molecule has 56 heavy (non-hydrogen) atoms. The van der Waals surface area contributed by atoms with Crippen molar-refractivity contribution in [2.75, 3.05) is 6.61 Å². The van der Waals surface area contributed by atoms with E-state index in [1.54, 1.807) is 0 Å². The first kappa shape index (κ1) is 49.3. The zero-order valence-electron chi connectivity index (χ0n) is 31.5. The summed E-state index contributed by atoms with van der Waals surface area (Å²) in [5.41, 5.74) is 22.4. The van der Waals surface area contributed by atoms with Crippen LogP contribution in [0.5, 0.6) is 0 Å². The molecule has 13 unspecified atom stereocenters. The summed E-state index contributed by atoms with van der Waals surface area (Å²) in [5.74, 6) is -11.2. The second-order valence-corrected chi connectivity index (χ2v) is 13.4. The van der Waals surface area contributed by atoms with Gasteiger partial charge in [0.05, 0.1) is 18.7 Å². The van der Waals surface area contributed by atoms with Crippen molar-refractivity contribution >= 4 is 53.2 Å². The predicted octanol–water partition coefficient (Wildman–Crippen LogP) is -6.53. The molecule has 0 aromatic carbocycles. The fraction of sp³-hybridized carbons (Fsp3) is 0.719. The third-order valence-electron chi connectivity index (χ3n) is 8.97. The molecule has 1 rings (SSSR count). The van der Waals surface area contributed by atoms with E-state index in [9.17, 15) is 63.6 Å². The number of Topliss-reactive ketones (excluding diaryl/α,β-unsaturated/α-hetero) is 1. The first-order valence-corrected chi connectivity index (χ1v) is 17.4. The number of ketones is 1. The molecule has 1 aliphatic rings. The highest BCUT2D eigenvalue weighted by Crippen LogP contribution is 2.24.